The summed E-state index contributed by atoms with van der Waals surface area (Å²) >= 11 is 1.44. The third-order valence-corrected chi connectivity index (χ3v) is 3.53. The Bertz CT molecular complexity index is 596. The van der Waals surface area contributed by atoms with Crippen molar-refractivity contribution in [2.45, 2.75) is 13.0 Å². The lowest BCUT2D eigenvalue weighted by Crippen LogP contribution is -2.28. The molecule has 0 saturated carbocycles. The monoisotopic (exact) mass is 276 g/mol. The normalized spacial score (nSPS) is 11.8. The second kappa shape index (κ2) is 5.62. The minimum Gasteiger partial charge on any atom is -0.478 e. The number of carboxylic acids is 1. The first-order valence-electron chi connectivity index (χ1n) is 5.62. The number of nitrogens with one attached hydrogen (secondary N) is 1. The summed E-state index contributed by atoms with van der Waals surface area (Å²) in [4.78, 5) is 27.2. The van der Waals surface area contributed by atoms with Crippen LogP contribution in [-0.2, 0) is 0 Å². The average Bonchev–Trinajstić information content (AvgIpc) is 2.92. The number of nitrogens with zero attached hydrogens (tertiary/aromatic N) is 1. The minimum atomic E-state index is -1.12. The van der Waals surface area contributed by atoms with Gasteiger partial charge in [0.05, 0.1) is 17.2 Å². The Morgan fingerprint density at radius 2 is 2.00 bits per heavy atom. The van der Waals surface area contributed by atoms with Gasteiger partial charge in [-0.2, -0.15) is 0 Å². The molecule has 1 atom stereocenters. The van der Waals surface area contributed by atoms with Gasteiger partial charge in [0.25, 0.3) is 5.91 Å². The number of carbonyl (C=O) groups excluding carboxylic acids is 1. The molecule has 98 valence electrons. The summed E-state index contributed by atoms with van der Waals surface area (Å²) in [5, 5.41) is 14.4. The standard InChI is InChI=1S/C13H12N2O3S/c1-8(12-14-6-7-19-12)15-11(16)9-4-2-3-5-10(9)13(17)18/h2-8H,1H3,(H,15,16)(H,17,18). The highest BCUT2D eigenvalue weighted by molar-refractivity contribution is 7.09. The molecule has 0 aliphatic heterocycles. The highest BCUT2D eigenvalue weighted by atomic mass is 32.1. The minimum absolute atomic E-state index is 0.00802. The van der Waals surface area contributed by atoms with Gasteiger partial charge in [0, 0.05) is 11.6 Å². The van der Waals surface area contributed by atoms with Gasteiger partial charge in [-0.15, -0.1) is 11.3 Å². The van der Waals surface area contributed by atoms with Crippen LogP contribution >= 0.6 is 11.3 Å². The van der Waals surface area contributed by atoms with E-state index in [-0.39, 0.29) is 17.2 Å². The Morgan fingerprint density at radius 1 is 1.32 bits per heavy atom. The highest BCUT2D eigenvalue weighted by Crippen LogP contribution is 2.16. The Kier molecular flexibility index (Phi) is 3.91. The van der Waals surface area contributed by atoms with Crippen LogP contribution in [0.2, 0.25) is 0 Å². The van der Waals surface area contributed by atoms with Crippen molar-refractivity contribution in [2.24, 2.45) is 0 Å². The van der Waals surface area contributed by atoms with Crippen LogP contribution in [0.3, 0.4) is 0 Å². The predicted octanol–water partition coefficient (Wildman–Crippen LogP) is 2.33. The SMILES string of the molecule is CC(NC(=O)c1ccccc1C(=O)O)c1nccs1. The Morgan fingerprint density at radius 3 is 2.58 bits per heavy atom. The first-order chi connectivity index (χ1) is 9.09. The number of amides is 1. The van der Waals surface area contributed by atoms with Crippen LogP contribution in [0.15, 0.2) is 35.8 Å². The number of rotatable bonds is 4. The molecule has 0 saturated heterocycles. The average molecular weight is 276 g/mol. The van der Waals surface area contributed by atoms with Crippen molar-refractivity contribution in [2.75, 3.05) is 0 Å². The lowest BCUT2D eigenvalue weighted by molar-refractivity contribution is 0.0690. The van der Waals surface area contributed by atoms with Crippen molar-refractivity contribution in [3.05, 3.63) is 52.0 Å². The van der Waals surface area contributed by atoms with Gasteiger partial charge >= 0.3 is 5.97 Å². The molecule has 2 rings (SSSR count). The van der Waals surface area contributed by atoms with E-state index in [0.717, 1.165) is 5.01 Å². The number of benzene rings is 1. The van der Waals surface area contributed by atoms with Gasteiger partial charge in [-0.3, -0.25) is 4.79 Å². The highest BCUT2D eigenvalue weighted by Gasteiger charge is 2.18. The van der Waals surface area contributed by atoms with Crippen LogP contribution in [0.1, 0.15) is 38.7 Å². The lowest BCUT2D eigenvalue weighted by atomic mass is 10.1. The maximum atomic E-state index is 12.1. The van der Waals surface area contributed by atoms with E-state index >= 15 is 0 Å². The molecule has 1 unspecified atom stereocenters. The van der Waals surface area contributed by atoms with E-state index in [0.29, 0.717) is 0 Å². The van der Waals surface area contributed by atoms with Gasteiger partial charge in [-0.25, -0.2) is 9.78 Å². The summed E-state index contributed by atoms with van der Waals surface area (Å²) in [5.41, 5.74) is 0.143. The van der Waals surface area contributed by atoms with Gasteiger partial charge in [-0.1, -0.05) is 12.1 Å². The molecule has 6 heteroatoms. The molecule has 1 heterocycles. The molecule has 1 aromatic carbocycles. The zero-order chi connectivity index (χ0) is 13.8. The van der Waals surface area contributed by atoms with Crippen molar-refractivity contribution in [3.63, 3.8) is 0 Å². The summed E-state index contributed by atoms with van der Waals surface area (Å²) in [6.45, 7) is 1.81. The Labute approximate surface area is 113 Å². The summed E-state index contributed by atoms with van der Waals surface area (Å²) in [6, 6.07) is 5.87. The second-order valence-electron chi connectivity index (χ2n) is 3.92. The van der Waals surface area contributed by atoms with Crippen molar-refractivity contribution in [1.82, 2.24) is 10.3 Å². The fourth-order valence-corrected chi connectivity index (χ4v) is 2.30. The number of aromatic carboxylic acids is 1. The van der Waals surface area contributed by atoms with E-state index in [1.54, 1.807) is 25.3 Å². The zero-order valence-corrected chi connectivity index (χ0v) is 11.0. The lowest BCUT2D eigenvalue weighted by Gasteiger charge is -2.12. The van der Waals surface area contributed by atoms with Crippen molar-refractivity contribution in [3.8, 4) is 0 Å². The van der Waals surface area contributed by atoms with Gasteiger partial charge in [-0.05, 0) is 19.1 Å². The maximum absolute atomic E-state index is 12.1. The van der Waals surface area contributed by atoms with Gasteiger partial charge in [0.15, 0.2) is 0 Å². The number of hydrogen-bond acceptors (Lipinski definition) is 4. The molecule has 2 N–H and O–H groups in total. The summed E-state index contributed by atoms with van der Waals surface area (Å²) in [6.07, 6.45) is 1.66. The number of aromatic nitrogens is 1. The third-order valence-electron chi connectivity index (χ3n) is 2.57. The van der Waals surface area contributed by atoms with Crippen LogP contribution in [0.5, 0.6) is 0 Å². The van der Waals surface area contributed by atoms with E-state index in [9.17, 15) is 9.59 Å². The number of carboxylic acid groups (broad SMARTS) is 1. The van der Waals surface area contributed by atoms with Crippen LogP contribution < -0.4 is 5.32 Å². The second-order valence-corrected chi connectivity index (χ2v) is 4.84. The van der Waals surface area contributed by atoms with E-state index < -0.39 is 11.9 Å². The fraction of sp³-hybridized carbons (Fsp3) is 0.154. The molecule has 5 nitrogen and oxygen atoms in total. The predicted molar refractivity (Wildman–Crippen MR) is 71.4 cm³/mol. The summed E-state index contributed by atoms with van der Waals surface area (Å²) < 4.78 is 0. The molecule has 0 spiro atoms. The Balaban J connectivity index is 2.19. The molecule has 0 radical (unpaired) electrons. The molecule has 19 heavy (non-hydrogen) atoms. The van der Waals surface area contributed by atoms with E-state index in [4.69, 9.17) is 5.11 Å². The largest absolute Gasteiger partial charge is 0.478 e. The van der Waals surface area contributed by atoms with Gasteiger partial charge < -0.3 is 10.4 Å². The molecule has 1 aromatic heterocycles. The Hall–Kier alpha value is -2.21. The number of carbonyl (C=O) groups is 2. The molecule has 0 aliphatic carbocycles. The van der Waals surface area contributed by atoms with Crippen LogP contribution in [0.25, 0.3) is 0 Å². The molecule has 2 aromatic rings. The van der Waals surface area contributed by atoms with E-state index in [2.05, 4.69) is 10.3 Å². The molecule has 0 fully saturated rings. The molecular weight excluding hydrogens is 264 g/mol. The first kappa shape index (κ1) is 13.2. The zero-order valence-electron chi connectivity index (χ0n) is 10.2. The summed E-state index contributed by atoms with van der Waals surface area (Å²) in [7, 11) is 0. The van der Waals surface area contributed by atoms with Crippen molar-refractivity contribution >= 4 is 23.2 Å². The fourth-order valence-electron chi connectivity index (χ4n) is 1.65. The first-order valence-corrected chi connectivity index (χ1v) is 6.50. The van der Waals surface area contributed by atoms with Crippen LogP contribution in [0, 0.1) is 0 Å². The number of thiazole rings is 1. The van der Waals surface area contributed by atoms with Gasteiger partial charge in [0.2, 0.25) is 0 Å². The maximum Gasteiger partial charge on any atom is 0.336 e. The van der Waals surface area contributed by atoms with Crippen molar-refractivity contribution < 1.29 is 14.7 Å². The third kappa shape index (κ3) is 2.97. The van der Waals surface area contributed by atoms with E-state index in [1.807, 2.05) is 5.38 Å². The van der Waals surface area contributed by atoms with Crippen LogP contribution in [-0.4, -0.2) is 22.0 Å². The molecule has 0 bridgehead atoms. The molecule has 1 amide bonds. The smallest absolute Gasteiger partial charge is 0.336 e. The summed E-state index contributed by atoms with van der Waals surface area (Å²) in [5.74, 6) is -1.53. The molecular formula is C13H12N2O3S. The topological polar surface area (TPSA) is 79.3 Å². The van der Waals surface area contributed by atoms with Gasteiger partial charge in [0.1, 0.15) is 5.01 Å². The molecule has 0 aliphatic rings. The van der Waals surface area contributed by atoms with E-state index in [1.165, 1.54) is 23.5 Å². The quantitative estimate of drug-likeness (QED) is 0.898. The number of hydrogen-bond donors (Lipinski definition) is 2. The van der Waals surface area contributed by atoms with Crippen molar-refractivity contribution in [1.29, 1.82) is 0 Å². The van der Waals surface area contributed by atoms with Crippen LogP contribution in [0.4, 0.5) is 0 Å².